The molecule has 0 aromatic carbocycles. The van der Waals surface area contributed by atoms with E-state index in [0.717, 1.165) is 25.7 Å². The SMILES string of the molecule is CCCCCO[Si](OC)(OC)OCCCCC. The highest BCUT2D eigenvalue weighted by atomic mass is 28.4. The summed E-state index contributed by atoms with van der Waals surface area (Å²) in [6.07, 6.45) is 6.72. The lowest BCUT2D eigenvalue weighted by atomic mass is 10.3. The molecule has 4 nitrogen and oxygen atoms in total. The first-order valence-corrected chi connectivity index (χ1v) is 8.26. The van der Waals surface area contributed by atoms with Crippen molar-refractivity contribution < 1.29 is 17.7 Å². The van der Waals surface area contributed by atoms with Gasteiger partial charge in [0.25, 0.3) is 0 Å². The van der Waals surface area contributed by atoms with Gasteiger partial charge in [0, 0.05) is 27.4 Å². The van der Waals surface area contributed by atoms with E-state index in [1.165, 1.54) is 12.8 Å². The fourth-order valence-electron chi connectivity index (χ4n) is 1.46. The Morgan fingerprint density at radius 3 is 1.41 bits per heavy atom. The fraction of sp³-hybridized carbons (Fsp3) is 1.00. The van der Waals surface area contributed by atoms with Gasteiger partial charge in [-0.25, -0.2) is 0 Å². The quantitative estimate of drug-likeness (QED) is 0.401. The second-order valence-corrected chi connectivity index (χ2v) is 6.41. The van der Waals surface area contributed by atoms with E-state index >= 15 is 0 Å². The summed E-state index contributed by atoms with van der Waals surface area (Å²) in [5, 5.41) is 0. The van der Waals surface area contributed by atoms with Gasteiger partial charge in [-0.3, -0.25) is 0 Å². The van der Waals surface area contributed by atoms with Crippen LogP contribution in [0.3, 0.4) is 0 Å². The molecule has 0 aliphatic rings. The van der Waals surface area contributed by atoms with Crippen molar-refractivity contribution in [1.29, 1.82) is 0 Å². The van der Waals surface area contributed by atoms with Crippen molar-refractivity contribution in [2.24, 2.45) is 0 Å². The third-order valence-corrected chi connectivity index (χ3v) is 4.67. The second-order valence-electron chi connectivity index (χ2n) is 4.02. The Bertz CT molecular complexity index is 149. The Labute approximate surface area is 107 Å². The van der Waals surface area contributed by atoms with Crippen LogP contribution in [-0.2, 0) is 17.7 Å². The summed E-state index contributed by atoms with van der Waals surface area (Å²) in [6, 6.07) is 0. The van der Waals surface area contributed by atoms with E-state index in [1.807, 2.05) is 0 Å². The molecule has 104 valence electrons. The normalized spacial score (nSPS) is 12.0. The lowest BCUT2D eigenvalue weighted by Gasteiger charge is -2.24. The Morgan fingerprint density at radius 2 is 1.12 bits per heavy atom. The van der Waals surface area contributed by atoms with Crippen LogP contribution in [0, 0.1) is 0 Å². The summed E-state index contributed by atoms with van der Waals surface area (Å²) < 4.78 is 22.0. The Hall–Kier alpha value is 0.0569. The van der Waals surface area contributed by atoms with Crippen molar-refractivity contribution in [3.8, 4) is 0 Å². The third-order valence-electron chi connectivity index (χ3n) is 2.55. The van der Waals surface area contributed by atoms with Crippen LogP contribution in [0.15, 0.2) is 0 Å². The molecule has 0 saturated heterocycles. The number of hydrogen-bond donors (Lipinski definition) is 0. The molecule has 0 saturated carbocycles. The van der Waals surface area contributed by atoms with Crippen molar-refractivity contribution in [1.82, 2.24) is 0 Å². The van der Waals surface area contributed by atoms with Crippen LogP contribution >= 0.6 is 0 Å². The standard InChI is InChI=1S/C12H28O4Si/c1-5-7-9-11-15-17(13-3,14-4)16-12-10-8-6-2/h5-12H2,1-4H3. The highest BCUT2D eigenvalue weighted by Crippen LogP contribution is 2.12. The van der Waals surface area contributed by atoms with Crippen molar-refractivity contribution in [3.63, 3.8) is 0 Å². The maximum absolute atomic E-state index is 5.68. The molecule has 0 heterocycles. The van der Waals surface area contributed by atoms with E-state index in [9.17, 15) is 0 Å². The fourth-order valence-corrected chi connectivity index (χ4v) is 2.97. The van der Waals surface area contributed by atoms with Crippen molar-refractivity contribution in [3.05, 3.63) is 0 Å². The molecule has 0 bridgehead atoms. The average molecular weight is 264 g/mol. The van der Waals surface area contributed by atoms with Gasteiger partial charge < -0.3 is 17.7 Å². The Kier molecular flexibility index (Phi) is 11.2. The molecule has 17 heavy (non-hydrogen) atoms. The molecular weight excluding hydrogens is 236 g/mol. The van der Waals surface area contributed by atoms with Crippen LogP contribution in [0.1, 0.15) is 52.4 Å². The van der Waals surface area contributed by atoms with Crippen molar-refractivity contribution in [2.45, 2.75) is 52.4 Å². The van der Waals surface area contributed by atoms with Crippen LogP contribution in [0.5, 0.6) is 0 Å². The molecule has 0 aliphatic heterocycles. The molecular formula is C12H28O4Si. The van der Waals surface area contributed by atoms with Gasteiger partial charge >= 0.3 is 9.05 Å². The summed E-state index contributed by atoms with van der Waals surface area (Å²) >= 11 is 0. The van der Waals surface area contributed by atoms with Crippen LogP contribution in [0.4, 0.5) is 0 Å². The zero-order chi connectivity index (χ0) is 13.0. The minimum atomic E-state index is -2.84. The maximum Gasteiger partial charge on any atom is 0.679 e. The third kappa shape index (κ3) is 7.89. The van der Waals surface area contributed by atoms with E-state index in [4.69, 9.17) is 17.7 Å². The molecule has 0 fully saturated rings. The van der Waals surface area contributed by atoms with Gasteiger partial charge in [0.1, 0.15) is 0 Å². The topological polar surface area (TPSA) is 36.9 Å². The second kappa shape index (κ2) is 11.2. The number of unbranched alkanes of at least 4 members (excludes halogenated alkanes) is 4. The number of rotatable bonds is 12. The molecule has 0 atom stereocenters. The van der Waals surface area contributed by atoms with Gasteiger partial charge in [-0.2, -0.15) is 0 Å². The van der Waals surface area contributed by atoms with Gasteiger partial charge in [0.05, 0.1) is 0 Å². The van der Waals surface area contributed by atoms with Crippen LogP contribution in [0.25, 0.3) is 0 Å². The Morgan fingerprint density at radius 1 is 0.706 bits per heavy atom. The van der Waals surface area contributed by atoms with Gasteiger partial charge in [0.2, 0.25) is 0 Å². The highest BCUT2D eigenvalue weighted by Gasteiger charge is 2.43. The van der Waals surface area contributed by atoms with Crippen molar-refractivity contribution in [2.75, 3.05) is 27.4 Å². The average Bonchev–Trinajstić information content (AvgIpc) is 2.37. The molecule has 5 heteroatoms. The first-order valence-electron chi connectivity index (χ1n) is 6.62. The monoisotopic (exact) mass is 264 g/mol. The zero-order valence-corrected chi connectivity index (χ0v) is 12.8. The minimum absolute atomic E-state index is 0.648. The molecule has 0 spiro atoms. The first kappa shape index (κ1) is 17.1. The zero-order valence-electron chi connectivity index (χ0n) is 11.8. The van der Waals surface area contributed by atoms with Crippen LogP contribution < -0.4 is 0 Å². The van der Waals surface area contributed by atoms with E-state index in [1.54, 1.807) is 14.2 Å². The predicted molar refractivity (Wildman–Crippen MR) is 70.7 cm³/mol. The molecule has 0 rings (SSSR count). The molecule has 0 aromatic rings. The van der Waals surface area contributed by atoms with Gasteiger partial charge in [-0.15, -0.1) is 0 Å². The van der Waals surface area contributed by atoms with E-state index < -0.39 is 9.05 Å². The summed E-state index contributed by atoms with van der Waals surface area (Å²) in [6.45, 7) is 5.63. The molecule has 0 radical (unpaired) electrons. The molecule has 0 aliphatic carbocycles. The lowest BCUT2D eigenvalue weighted by Crippen LogP contribution is -2.47. The minimum Gasteiger partial charge on any atom is -0.355 e. The molecule has 0 aromatic heterocycles. The van der Waals surface area contributed by atoms with Gasteiger partial charge in [-0.1, -0.05) is 39.5 Å². The van der Waals surface area contributed by atoms with E-state index in [-0.39, 0.29) is 0 Å². The first-order chi connectivity index (χ1) is 8.24. The summed E-state index contributed by atoms with van der Waals surface area (Å²) in [5.41, 5.74) is 0. The Balaban J connectivity index is 3.88. The lowest BCUT2D eigenvalue weighted by molar-refractivity contribution is -0.0104. The predicted octanol–water partition coefficient (Wildman–Crippen LogP) is 3.13. The van der Waals surface area contributed by atoms with E-state index in [2.05, 4.69) is 13.8 Å². The van der Waals surface area contributed by atoms with Crippen LogP contribution in [0.2, 0.25) is 0 Å². The summed E-state index contributed by atoms with van der Waals surface area (Å²) in [5.74, 6) is 0. The largest absolute Gasteiger partial charge is 0.679 e. The number of hydrogen-bond acceptors (Lipinski definition) is 4. The van der Waals surface area contributed by atoms with Gasteiger partial charge in [0.15, 0.2) is 0 Å². The van der Waals surface area contributed by atoms with Gasteiger partial charge in [-0.05, 0) is 12.8 Å². The molecule has 0 amide bonds. The summed E-state index contributed by atoms with van der Waals surface area (Å²) in [7, 11) is 0.342. The van der Waals surface area contributed by atoms with E-state index in [0.29, 0.717) is 13.2 Å². The van der Waals surface area contributed by atoms with Crippen molar-refractivity contribution >= 4 is 9.05 Å². The highest BCUT2D eigenvalue weighted by molar-refractivity contribution is 6.53. The smallest absolute Gasteiger partial charge is 0.355 e. The van der Waals surface area contributed by atoms with Crippen LogP contribution in [-0.4, -0.2) is 36.5 Å². The summed E-state index contributed by atoms with van der Waals surface area (Å²) in [4.78, 5) is 0. The molecule has 0 N–H and O–H groups in total. The molecule has 0 unspecified atom stereocenters. The maximum atomic E-state index is 5.68.